The number of nitrogens with one attached hydrogen (secondary N) is 1. The molecular formula is C14H23N3O. The predicted octanol–water partition coefficient (Wildman–Crippen LogP) is 3.20. The van der Waals surface area contributed by atoms with Crippen molar-refractivity contribution in [2.45, 2.75) is 51.5 Å². The first kappa shape index (κ1) is 13.0. The third-order valence-corrected chi connectivity index (χ3v) is 3.29. The largest absolute Gasteiger partial charge is 0.476 e. The number of ether oxygens (including phenoxy) is 1. The summed E-state index contributed by atoms with van der Waals surface area (Å²) in [7, 11) is 0. The van der Waals surface area contributed by atoms with Crippen LogP contribution < -0.4 is 15.8 Å². The van der Waals surface area contributed by atoms with Gasteiger partial charge in [0.15, 0.2) is 0 Å². The molecule has 0 unspecified atom stereocenters. The molecule has 1 aromatic heterocycles. The molecule has 4 heteroatoms. The zero-order chi connectivity index (χ0) is 12.8. The van der Waals surface area contributed by atoms with Crippen LogP contribution in [-0.2, 0) is 0 Å². The number of hydrogen-bond acceptors (Lipinski definition) is 4. The lowest BCUT2D eigenvalue weighted by atomic mass is 9.95. The van der Waals surface area contributed by atoms with Gasteiger partial charge < -0.3 is 15.8 Å². The Balaban J connectivity index is 1.99. The van der Waals surface area contributed by atoms with E-state index in [1.54, 1.807) is 0 Å². The molecule has 1 saturated carbocycles. The van der Waals surface area contributed by atoms with Gasteiger partial charge in [0.2, 0.25) is 5.88 Å². The maximum absolute atomic E-state index is 5.85. The van der Waals surface area contributed by atoms with Gasteiger partial charge in [0.05, 0.1) is 12.3 Å². The minimum absolute atomic E-state index is 0.550. The fourth-order valence-corrected chi connectivity index (χ4v) is 2.30. The Kier molecular flexibility index (Phi) is 4.67. The van der Waals surface area contributed by atoms with Crippen molar-refractivity contribution in [3.63, 3.8) is 0 Å². The van der Waals surface area contributed by atoms with E-state index in [2.05, 4.69) is 17.2 Å². The van der Waals surface area contributed by atoms with Crippen molar-refractivity contribution in [2.24, 2.45) is 0 Å². The summed E-state index contributed by atoms with van der Waals surface area (Å²) in [5.74, 6) is 1.43. The molecule has 0 aromatic carbocycles. The lowest BCUT2D eigenvalue weighted by Crippen LogP contribution is -2.22. The zero-order valence-electron chi connectivity index (χ0n) is 11.1. The number of hydrogen-bond donors (Lipinski definition) is 2. The van der Waals surface area contributed by atoms with Gasteiger partial charge >= 0.3 is 0 Å². The molecule has 100 valence electrons. The van der Waals surface area contributed by atoms with Crippen LogP contribution in [0.4, 0.5) is 11.5 Å². The van der Waals surface area contributed by atoms with Crippen LogP contribution in [0.5, 0.6) is 5.88 Å². The molecule has 3 N–H and O–H groups in total. The van der Waals surface area contributed by atoms with E-state index in [0.717, 1.165) is 12.2 Å². The second-order valence-electron chi connectivity index (χ2n) is 4.92. The van der Waals surface area contributed by atoms with Gasteiger partial charge in [-0.05, 0) is 31.4 Å². The molecule has 4 nitrogen and oxygen atoms in total. The second kappa shape index (κ2) is 6.47. The number of aromatic nitrogens is 1. The molecule has 0 aliphatic heterocycles. The third-order valence-electron chi connectivity index (χ3n) is 3.29. The molecule has 1 aromatic rings. The number of nitrogen functional groups attached to an aromatic ring is 1. The highest BCUT2D eigenvalue weighted by Gasteiger charge is 2.14. The van der Waals surface area contributed by atoms with E-state index in [-0.39, 0.29) is 0 Å². The van der Waals surface area contributed by atoms with Crippen molar-refractivity contribution in [3.05, 3.63) is 12.1 Å². The van der Waals surface area contributed by atoms with Gasteiger partial charge in [-0.3, -0.25) is 0 Å². The van der Waals surface area contributed by atoms with Gasteiger partial charge in [0.1, 0.15) is 5.82 Å². The summed E-state index contributed by atoms with van der Waals surface area (Å²) in [5.41, 5.74) is 6.46. The SMILES string of the molecule is CCCOc1nc(NC2CCCCC2)ccc1N. The zero-order valence-corrected chi connectivity index (χ0v) is 11.1. The van der Waals surface area contributed by atoms with E-state index in [9.17, 15) is 0 Å². The molecule has 0 radical (unpaired) electrons. The highest BCUT2D eigenvalue weighted by molar-refractivity contribution is 5.53. The Bertz CT molecular complexity index is 375. The smallest absolute Gasteiger partial charge is 0.239 e. The van der Waals surface area contributed by atoms with Crippen molar-refractivity contribution in [1.29, 1.82) is 0 Å². The monoisotopic (exact) mass is 249 g/mol. The van der Waals surface area contributed by atoms with E-state index in [1.807, 2.05) is 12.1 Å². The van der Waals surface area contributed by atoms with Crippen LogP contribution in [0.2, 0.25) is 0 Å². The summed E-state index contributed by atoms with van der Waals surface area (Å²) >= 11 is 0. The Labute approximate surface area is 109 Å². The Morgan fingerprint density at radius 2 is 2.11 bits per heavy atom. The molecule has 2 rings (SSSR count). The van der Waals surface area contributed by atoms with Gasteiger partial charge in [0, 0.05) is 6.04 Å². The molecule has 0 bridgehead atoms. The topological polar surface area (TPSA) is 60.2 Å². The first-order valence-electron chi connectivity index (χ1n) is 6.95. The Hall–Kier alpha value is -1.45. The minimum Gasteiger partial charge on any atom is -0.476 e. The summed E-state index contributed by atoms with van der Waals surface area (Å²) in [6.07, 6.45) is 7.41. The molecule has 0 amide bonds. The fourth-order valence-electron chi connectivity index (χ4n) is 2.30. The lowest BCUT2D eigenvalue weighted by Gasteiger charge is -2.23. The second-order valence-corrected chi connectivity index (χ2v) is 4.92. The standard InChI is InChI=1S/C14H23N3O/c1-2-10-18-14-12(15)8-9-13(17-14)16-11-6-4-3-5-7-11/h8-9,11H,2-7,10,15H2,1H3,(H,16,17). The molecule has 1 fully saturated rings. The van der Waals surface area contributed by atoms with Crippen molar-refractivity contribution < 1.29 is 4.74 Å². The molecule has 1 heterocycles. The number of pyridine rings is 1. The first-order valence-corrected chi connectivity index (χ1v) is 6.95. The number of nitrogens with two attached hydrogens (primary N) is 1. The summed E-state index contributed by atoms with van der Waals surface area (Å²) in [6.45, 7) is 2.73. The van der Waals surface area contributed by atoms with Crippen LogP contribution in [0.1, 0.15) is 45.4 Å². The van der Waals surface area contributed by atoms with Crippen LogP contribution in [0.25, 0.3) is 0 Å². The van der Waals surface area contributed by atoms with E-state index >= 15 is 0 Å². The van der Waals surface area contributed by atoms with Crippen LogP contribution in [0.15, 0.2) is 12.1 Å². The van der Waals surface area contributed by atoms with E-state index in [0.29, 0.717) is 24.2 Å². The average Bonchev–Trinajstić information content (AvgIpc) is 2.40. The normalized spacial score (nSPS) is 16.5. The lowest BCUT2D eigenvalue weighted by molar-refractivity contribution is 0.307. The number of rotatable bonds is 5. The average molecular weight is 249 g/mol. The highest BCUT2D eigenvalue weighted by Crippen LogP contribution is 2.24. The first-order chi connectivity index (χ1) is 8.79. The fraction of sp³-hybridized carbons (Fsp3) is 0.643. The molecule has 0 atom stereocenters. The molecular weight excluding hydrogens is 226 g/mol. The van der Waals surface area contributed by atoms with Gasteiger partial charge in [-0.2, -0.15) is 4.98 Å². The third kappa shape index (κ3) is 3.52. The Morgan fingerprint density at radius 1 is 1.33 bits per heavy atom. The van der Waals surface area contributed by atoms with Crippen LogP contribution in [0, 0.1) is 0 Å². The molecule has 1 aliphatic rings. The van der Waals surface area contributed by atoms with Crippen molar-refractivity contribution in [2.75, 3.05) is 17.7 Å². The van der Waals surface area contributed by atoms with Crippen molar-refractivity contribution >= 4 is 11.5 Å². The van der Waals surface area contributed by atoms with Crippen LogP contribution in [-0.4, -0.2) is 17.6 Å². The Morgan fingerprint density at radius 3 is 2.83 bits per heavy atom. The summed E-state index contributed by atoms with van der Waals surface area (Å²) in [5, 5.41) is 3.48. The van der Waals surface area contributed by atoms with Crippen LogP contribution >= 0.6 is 0 Å². The molecule has 1 aliphatic carbocycles. The summed E-state index contributed by atoms with van der Waals surface area (Å²) < 4.78 is 5.54. The van der Waals surface area contributed by atoms with Gasteiger partial charge in [-0.1, -0.05) is 26.2 Å². The van der Waals surface area contributed by atoms with Crippen molar-refractivity contribution in [1.82, 2.24) is 4.98 Å². The molecule has 18 heavy (non-hydrogen) atoms. The van der Waals surface area contributed by atoms with Gasteiger partial charge in [-0.15, -0.1) is 0 Å². The van der Waals surface area contributed by atoms with E-state index in [1.165, 1.54) is 32.1 Å². The minimum atomic E-state index is 0.550. The number of nitrogens with zero attached hydrogens (tertiary/aromatic N) is 1. The number of anilines is 2. The summed E-state index contributed by atoms with van der Waals surface area (Å²) in [6, 6.07) is 4.35. The summed E-state index contributed by atoms with van der Waals surface area (Å²) in [4.78, 5) is 4.45. The van der Waals surface area contributed by atoms with Crippen molar-refractivity contribution in [3.8, 4) is 5.88 Å². The van der Waals surface area contributed by atoms with Gasteiger partial charge in [-0.25, -0.2) is 0 Å². The molecule has 0 spiro atoms. The van der Waals surface area contributed by atoms with Gasteiger partial charge in [0.25, 0.3) is 0 Å². The molecule has 0 saturated heterocycles. The van der Waals surface area contributed by atoms with Crippen LogP contribution in [0.3, 0.4) is 0 Å². The predicted molar refractivity (Wildman–Crippen MR) is 74.9 cm³/mol. The van der Waals surface area contributed by atoms with E-state index in [4.69, 9.17) is 10.5 Å². The highest BCUT2D eigenvalue weighted by atomic mass is 16.5. The maximum atomic E-state index is 5.85. The maximum Gasteiger partial charge on any atom is 0.239 e. The van der Waals surface area contributed by atoms with E-state index < -0.39 is 0 Å². The quantitative estimate of drug-likeness (QED) is 0.841.